The van der Waals surface area contributed by atoms with Crippen molar-refractivity contribution in [2.45, 2.75) is 50.7 Å². The van der Waals surface area contributed by atoms with Crippen molar-refractivity contribution in [2.75, 3.05) is 6.54 Å². The van der Waals surface area contributed by atoms with Gasteiger partial charge in [0.2, 0.25) is 0 Å². The number of hydrogen-bond acceptors (Lipinski definition) is 5. The molecule has 23 heavy (non-hydrogen) atoms. The zero-order chi connectivity index (χ0) is 16.4. The highest BCUT2D eigenvalue weighted by Gasteiger charge is 2.40. The highest BCUT2D eigenvalue weighted by Crippen LogP contribution is 2.35. The van der Waals surface area contributed by atoms with E-state index in [1.54, 1.807) is 4.90 Å². The number of rotatable bonds is 3. The lowest BCUT2D eigenvalue weighted by molar-refractivity contribution is 0.0208. The molecule has 0 aromatic carbocycles. The number of primary amides is 1. The van der Waals surface area contributed by atoms with Crippen LogP contribution in [0.5, 0.6) is 0 Å². The Labute approximate surface area is 134 Å². The summed E-state index contributed by atoms with van der Waals surface area (Å²) in [6.45, 7) is 0.613. The zero-order valence-electron chi connectivity index (χ0n) is 13.0. The summed E-state index contributed by atoms with van der Waals surface area (Å²) < 4.78 is 0. The largest absolute Gasteiger partial charge is 0.393 e. The smallest absolute Gasteiger partial charge is 0.275 e. The van der Waals surface area contributed by atoms with Crippen LogP contribution >= 0.6 is 0 Å². The minimum atomic E-state index is -0.755. The summed E-state index contributed by atoms with van der Waals surface area (Å²) in [6.07, 6.45) is 7.99. The molecule has 7 nitrogen and oxygen atoms in total. The Hall–Kier alpha value is -2.02. The molecule has 0 bridgehead atoms. The van der Waals surface area contributed by atoms with Crippen LogP contribution in [0.15, 0.2) is 12.4 Å². The van der Waals surface area contributed by atoms with Gasteiger partial charge in [-0.15, -0.1) is 0 Å². The summed E-state index contributed by atoms with van der Waals surface area (Å²) in [4.78, 5) is 34.0. The van der Waals surface area contributed by atoms with Gasteiger partial charge in [0.25, 0.3) is 11.8 Å². The molecule has 0 spiro atoms. The predicted octanol–water partition coefficient (Wildman–Crippen LogP) is 0.731. The van der Waals surface area contributed by atoms with Crippen molar-refractivity contribution >= 4 is 11.8 Å². The van der Waals surface area contributed by atoms with Crippen molar-refractivity contribution in [3.8, 4) is 0 Å². The topological polar surface area (TPSA) is 109 Å². The van der Waals surface area contributed by atoms with E-state index in [1.807, 2.05) is 0 Å². The molecule has 0 radical (unpaired) electrons. The van der Waals surface area contributed by atoms with Crippen LogP contribution in [0.3, 0.4) is 0 Å². The van der Waals surface area contributed by atoms with Gasteiger partial charge in [0.15, 0.2) is 11.4 Å². The first-order chi connectivity index (χ1) is 11.1. The second-order valence-corrected chi connectivity index (χ2v) is 6.34. The fraction of sp³-hybridized carbons (Fsp3) is 0.625. The van der Waals surface area contributed by atoms with E-state index < -0.39 is 5.91 Å². The first-order valence-electron chi connectivity index (χ1n) is 8.19. The van der Waals surface area contributed by atoms with Gasteiger partial charge in [-0.3, -0.25) is 9.59 Å². The number of carbonyl (C=O) groups is 2. The number of amides is 2. The van der Waals surface area contributed by atoms with Crippen molar-refractivity contribution in [1.82, 2.24) is 14.9 Å². The van der Waals surface area contributed by atoms with E-state index in [0.29, 0.717) is 6.54 Å². The van der Waals surface area contributed by atoms with E-state index in [-0.39, 0.29) is 35.4 Å². The van der Waals surface area contributed by atoms with E-state index in [1.165, 1.54) is 12.4 Å². The molecule has 124 valence electrons. The van der Waals surface area contributed by atoms with E-state index in [4.69, 9.17) is 5.73 Å². The van der Waals surface area contributed by atoms with Crippen molar-refractivity contribution in [3.05, 3.63) is 23.8 Å². The molecule has 7 heteroatoms. The number of aromatic nitrogens is 2. The Bertz CT molecular complexity index is 607. The minimum absolute atomic E-state index is 0.000493. The van der Waals surface area contributed by atoms with Crippen LogP contribution in [0.4, 0.5) is 0 Å². The van der Waals surface area contributed by atoms with Crippen LogP contribution in [0.2, 0.25) is 0 Å². The average molecular weight is 318 g/mol. The summed E-state index contributed by atoms with van der Waals surface area (Å²) in [6, 6.07) is 0.000493. The number of hydrogen-bond donors (Lipinski definition) is 2. The molecular formula is C16H22N4O3. The fourth-order valence-electron chi connectivity index (χ4n) is 3.89. The normalized spacial score (nSPS) is 27.9. The Morgan fingerprint density at radius 3 is 2.48 bits per heavy atom. The Morgan fingerprint density at radius 1 is 1.09 bits per heavy atom. The lowest BCUT2D eigenvalue weighted by Gasteiger charge is -2.37. The molecule has 2 heterocycles. The first-order valence-corrected chi connectivity index (χ1v) is 8.19. The highest BCUT2D eigenvalue weighted by molar-refractivity contribution is 6.04. The Balaban J connectivity index is 1.85. The molecular weight excluding hydrogens is 296 g/mol. The molecule has 3 N–H and O–H groups in total. The van der Waals surface area contributed by atoms with Gasteiger partial charge < -0.3 is 15.7 Å². The van der Waals surface area contributed by atoms with Crippen LogP contribution in [0.1, 0.15) is 59.5 Å². The summed E-state index contributed by atoms with van der Waals surface area (Å²) in [5.74, 6) is -0.967. The van der Waals surface area contributed by atoms with E-state index in [9.17, 15) is 14.7 Å². The van der Waals surface area contributed by atoms with Crippen LogP contribution in [-0.2, 0) is 0 Å². The van der Waals surface area contributed by atoms with Gasteiger partial charge in [-0.1, -0.05) is 12.8 Å². The lowest BCUT2D eigenvalue weighted by atomic mass is 9.80. The molecule has 1 aromatic rings. The third-order valence-corrected chi connectivity index (χ3v) is 4.97. The number of aliphatic hydroxyl groups excluding tert-OH is 1. The van der Waals surface area contributed by atoms with Crippen LogP contribution in [0, 0.1) is 5.92 Å². The monoisotopic (exact) mass is 318 g/mol. The molecule has 2 fully saturated rings. The fourth-order valence-corrected chi connectivity index (χ4v) is 3.89. The molecule has 3 atom stereocenters. The lowest BCUT2D eigenvalue weighted by Crippen LogP contribution is -2.46. The second-order valence-electron chi connectivity index (χ2n) is 6.34. The molecule has 3 unspecified atom stereocenters. The zero-order valence-corrected chi connectivity index (χ0v) is 13.0. The average Bonchev–Trinajstić information content (AvgIpc) is 3.04. The summed E-state index contributed by atoms with van der Waals surface area (Å²) >= 11 is 0. The minimum Gasteiger partial charge on any atom is -0.393 e. The van der Waals surface area contributed by atoms with Gasteiger partial charge >= 0.3 is 0 Å². The molecule has 1 saturated carbocycles. The van der Waals surface area contributed by atoms with Crippen molar-refractivity contribution in [1.29, 1.82) is 0 Å². The van der Waals surface area contributed by atoms with Crippen molar-refractivity contribution in [2.24, 2.45) is 11.7 Å². The van der Waals surface area contributed by atoms with Gasteiger partial charge in [-0.2, -0.15) is 0 Å². The number of aliphatic hydroxyl groups is 1. The standard InChI is InChI=1S/C16H22N4O3/c17-15(22)13-14(19-8-7-18-13)16(23)20-9-3-5-11(20)10-4-1-2-6-12(10)21/h7-8,10-12,21H,1-6,9H2,(H2,17,22). The number of nitrogens with zero attached hydrogens (tertiary/aromatic N) is 3. The third-order valence-electron chi connectivity index (χ3n) is 4.97. The number of carbonyl (C=O) groups excluding carboxylic acids is 2. The molecule has 3 rings (SSSR count). The molecule has 1 aliphatic carbocycles. The van der Waals surface area contributed by atoms with Crippen molar-refractivity contribution < 1.29 is 14.7 Å². The molecule has 1 aromatic heterocycles. The van der Waals surface area contributed by atoms with E-state index in [2.05, 4.69) is 9.97 Å². The van der Waals surface area contributed by atoms with E-state index >= 15 is 0 Å². The molecule has 2 aliphatic rings. The Morgan fingerprint density at radius 2 is 1.78 bits per heavy atom. The number of nitrogens with two attached hydrogens (primary N) is 1. The quantitative estimate of drug-likeness (QED) is 0.854. The first kappa shape index (κ1) is 15.9. The van der Waals surface area contributed by atoms with E-state index in [0.717, 1.165) is 38.5 Å². The van der Waals surface area contributed by atoms with Crippen LogP contribution in [-0.4, -0.2) is 50.5 Å². The summed E-state index contributed by atoms with van der Waals surface area (Å²) in [5, 5.41) is 10.3. The number of likely N-dealkylation sites (tertiary alicyclic amines) is 1. The van der Waals surface area contributed by atoms with Gasteiger partial charge in [0, 0.05) is 30.9 Å². The van der Waals surface area contributed by atoms with Gasteiger partial charge in [-0.05, 0) is 25.7 Å². The third kappa shape index (κ3) is 3.06. The maximum Gasteiger partial charge on any atom is 0.275 e. The predicted molar refractivity (Wildman–Crippen MR) is 82.6 cm³/mol. The van der Waals surface area contributed by atoms with Crippen molar-refractivity contribution in [3.63, 3.8) is 0 Å². The maximum atomic E-state index is 12.9. The highest BCUT2D eigenvalue weighted by atomic mass is 16.3. The van der Waals surface area contributed by atoms with Gasteiger partial charge in [0.05, 0.1) is 6.10 Å². The van der Waals surface area contributed by atoms with Crippen LogP contribution in [0.25, 0.3) is 0 Å². The van der Waals surface area contributed by atoms with Gasteiger partial charge in [-0.25, -0.2) is 9.97 Å². The Kier molecular flexibility index (Phi) is 4.56. The summed E-state index contributed by atoms with van der Waals surface area (Å²) in [5.41, 5.74) is 5.22. The maximum absolute atomic E-state index is 12.9. The molecule has 2 amide bonds. The second kappa shape index (κ2) is 6.62. The van der Waals surface area contributed by atoms with Gasteiger partial charge in [0.1, 0.15) is 0 Å². The SMILES string of the molecule is NC(=O)c1nccnc1C(=O)N1CCCC1C1CCCCC1O. The van der Waals surface area contributed by atoms with Crippen LogP contribution < -0.4 is 5.73 Å². The molecule has 1 saturated heterocycles. The summed E-state index contributed by atoms with van der Waals surface area (Å²) in [7, 11) is 0. The molecule has 1 aliphatic heterocycles.